The van der Waals surface area contributed by atoms with Crippen molar-refractivity contribution in [2.24, 2.45) is 0 Å². The number of halogens is 1. The molecule has 1 atom stereocenters. The molecule has 1 saturated heterocycles. The lowest BCUT2D eigenvalue weighted by atomic mass is 10.1. The maximum Gasteiger partial charge on any atom is 0.255 e. The summed E-state index contributed by atoms with van der Waals surface area (Å²) in [5.74, 6) is 0.414. The number of rotatable bonds is 4. The maximum atomic E-state index is 12.7. The highest BCUT2D eigenvalue weighted by Gasteiger charge is 2.34. The van der Waals surface area contributed by atoms with E-state index in [1.54, 1.807) is 23.9 Å². The highest BCUT2D eigenvalue weighted by molar-refractivity contribution is 9.10. The fourth-order valence-electron chi connectivity index (χ4n) is 3.49. The number of carbonyl (C=O) groups is 2. The largest absolute Gasteiger partial charge is 0.322 e. The topological polar surface area (TPSA) is 49.4 Å². The summed E-state index contributed by atoms with van der Waals surface area (Å²) in [6.45, 7) is 4.11. The Hall–Kier alpha value is -2.57. The summed E-state index contributed by atoms with van der Waals surface area (Å²) in [5.41, 5.74) is 5.59. The van der Waals surface area contributed by atoms with Crippen molar-refractivity contribution in [1.82, 2.24) is 0 Å². The van der Waals surface area contributed by atoms with Crippen LogP contribution in [0.2, 0.25) is 0 Å². The van der Waals surface area contributed by atoms with Crippen LogP contribution in [0.4, 0.5) is 11.4 Å². The first-order chi connectivity index (χ1) is 14.4. The summed E-state index contributed by atoms with van der Waals surface area (Å²) in [6.07, 6.45) is 0. The third-order valence-corrected chi connectivity index (χ3v) is 6.95. The quantitative estimate of drug-likeness (QED) is 0.490. The first kappa shape index (κ1) is 20.7. The van der Waals surface area contributed by atoms with Crippen molar-refractivity contribution in [2.75, 3.05) is 16.0 Å². The van der Waals surface area contributed by atoms with Gasteiger partial charge in [-0.05, 0) is 66.9 Å². The van der Waals surface area contributed by atoms with Gasteiger partial charge in [0.2, 0.25) is 5.91 Å². The Morgan fingerprint density at radius 3 is 2.53 bits per heavy atom. The summed E-state index contributed by atoms with van der Waals surface area (Å²) < 4.78 is 0.861. The van der Waals surface area contributed by atoms with Gasteiger partial charge in [0.05, 0.1) is 5.75 Å². The van der Waals surface area contributed by atoms with Gasteiger partial charge in [-0.1, -0.05) is 46.3 Å². The van der Waals surface area contributed by atoms with Crippen LogP contribution in [0.5, 0.6) is 0 Å². The lowest BCUT2D eigenvalue weighted by molar-refractivity contribution is -0.115. The Bertz CT molecular complexity index is 1110. The lowest BCUT2D eigenvalue weighted by Crippen LogP contribution is -2.28. The van der Waals surface area contributed by atoms with Crippen molar-refractivity contribution in [3.63, 3.8) is 0 Å². The van der Waals surface area contributed by atoms with Gasteiger partial charge in [0.1, 0.15) is 5.37 Å². The minimum absolute atomic E-state index is 0.0761. The van der Waals surface area contributed by atoms with Crippen molar-refractivity contribution in [1.29, 1.82) is 0 Å². The van der Waals surface area contributed by atoms with E-state index < -0.39 is 0 Å². The zero-order valence-electron chi connectivity index (χ0n) is 16.7. The zero-order chi connectivity index (χ0) is 21.3. The van der Waals surface area contributed by atoms with Gasteiger partial charge in [0.25, 0.3) is 5.91 Å². The molecule has 4 nitrogen and oxygen atoms in total. The van der Waals surface area contributed by atoms with E-state index in [4.69, 9.17) is 0 Å². The number of nitrogens with one attached hydrogen (secondary N) is 1. The van der Waals surface area contributed by atoms with E-state index in [1.807, 2.05) is 53.4 Å². The molecule has 3 aromatic rings. The molecule has 4 rings (SSSR count). The Kier molecular flexibility index (Phi) is 5.97. The Balaban J connectivity index is 1.55. The molecular weight excluding hydrogens is 460 g/mol. The van der Waals surface area contributed by atoms with Gasteiger partial charge in [0, 0.05) is 21.4 Å². The maximum absolute atomic E-state index is 12.7. The average Bonchev–Trinajstić information content (AvgIpc) is 3.12. The van der Waals surface area contributed by atoms with Crippen molar-refractivity contribution < 1.29 is 9.59 Å². The molecule has 3 aromatic carbocycles. The van der Waals surface area contributed by atoms with Gasteiger partial charge >= 0.3 is 0 Å². The number of amides is 2. The van der Waals surface area contributed by atoms with Crippen molar-refractivity contribution in [3.8, 4) is 0 Å². The number of carbonyl (C=O) groups excluding carboxylic acids is 2. The van der Waals surface area contributed by atoms with E-state index >= 15 is 0 Å². The number of thioether (sulfide) groups is 1. The summed E-state index contributed by atoms with van der Waals surface area (Å²) in [7, 11) is 0. The first-order valence-corrected chi connectivity index (χ1v) is 11.4. The van der Waals surface area contributed by atoms with E-state index in [9.17, 15) is 9.59 Å². The highest BCUT2D eigenvalue weighted by atomic mass is 79.9. The van der Waals surface area contributed by atoms with Crippen molar-refractivity contribution in [2.45, 2.75) is 19.2 Å². The molecule has 0 saturated carbocycles. The second kappa shape index (κ2) is 8.66. The highest BCUT2D eigenvalue weighted by Crippen LogP contribution is 2.43. The summed E-state index contributed by atoms with van der Waals surface area (Å²) in [5, 5.41) is 2.85. The predicted octanol–water partition coefficient (Wildman–Crippen LogP) is 6.10. The molecular formula is C24H21BrN2O2S. The van der Waals surface area contributed by atoms with Gasteiger partial charge < -0.3 is 5.32 Å². The molecule has 6 heteroatoms. The van der Waals surface area contributed by atoms with E-state index in [0.717, 1.165) is 27.0 Å². The standard InChI is InChI=1S/C24H21BrN2O2S/c1-15-5-3-8-21(16(15)2)27-22(28)14-30-24(27)17-9-11-20(12-10-17)26-23(29)18-6-4-7-19(25)13-18/h3-13,24H,14H2,1-2H3,(H,26,29)/t24-/m0/s1. The lowest BCUT2D eigenvalue weighted by Gasteiger charge is -2.26. The second-order valence-electron chi connectivity index (χ2n) is 7.23. The van der Waals surface area contributed by atoms with Gasteiger partial charge in [-0.25, -0.2) is 0 Å². The number of hydrogen-bond donors (Lipinski definition) is 1. The van der Waals surface area contributed by atoms with Crippen LogP contribution >= 0.6 is 27.7 Å². The normalized spacial score (nSPS) is 16.0. The molecule has 1 fully saturated rings. The third kappa shape index (κ3) is 4.16. The molecule has 1 aliphatic heterocycles. The monoisotopic (exact) mass is 480 g/mol. The Morgan fingerprint density at radius 2 is 1.80 bits per heavy atom. The number of anilines is 2. The van der Waals surface area contributed by atoms with E-state index in [0.29, 0.717) is 11.3 Å². The summed E-state index contributed by atoms with van der Waals surface area (Å²) >= 11 is 5.01. The van der Waals surface area contributed by atoms with Crippen molar-refractivity contribution in [3.05, 3.63) is 93.5 Å². The number of aryl methyl sites for hydroxylation is 1. The van der Waals surface area contributed by atoms with Gasteiger partial charge in [-0.15, -0.1) is 11.8 Å². The zero-order valence-corrected chi connectivity index (χ0v) is 19.1. The fraction of sp³-hybridized carbons (Fsp3) is 0.167. The summed E-state index contributed by atoms with van der Waals surface area (Å²) in [4.78, 5) is 27.0. The average molecular weight is 481 g/mol. The Morgan fingerprint density at radius 1 is 1.07 bits per heavy atom. The molecule has 1 aliphatic rings. The van der Waals surface area contributed by atoms with E-state index in [1.165, 1.54) is 5.56 Å². The van der Waals surface area contributed by atoms with Crippen molar-refractivity contribution >= 4 is 50.9 Å². The molecule has 30 heavy (non-hydrogen) atoms. The molecule has 1 heterocycles. The number of hydrogen-bond acceptors (Lipinski definition) is 3. The molecule has 152 valence electrons. The van der Waals surface area contributed by atoms with Crippen LogP contribution in [0.3, 0.4) is 0 Å². The molecule has 0 unspecified atom stereocenters. The fourth-order valence-corrected chi connectivity index (χ4v) is 5.06. The minimum atomic E-state index is -0.161. The van der Waals surface area contributed by atoms with Crippen LogP contribution in [0.15, 0.2) is 71.2 Å². The summed E-state index contributed by atoms with van der Waals surface area (Å²) in [6, 6.07) is 21.1. The van der Waals surface area contributed by atoms with Crippen LogP contribution in [0.1, 0.15) is 32.4 Å². The molecule has 1 N–H and O–H groups in total. The molecule has 0 radical (unpaired) electrons. The molecule has 0 aromatic heterocycles. The van der Waals surface area contributed by atoms with Gasteiger partial charge in [0.15, 0.2) is 0 Å². The second-order valence-corrected chi connectivity index (χ2v) is 9.22. The Labute approximate surface area is 188 Å². The van der Waals surface area contributed by atoms with Gasteiger partial charge in [-0.3, -0.25) is 14.5 Å². The molecule has 2 amide bonds. The number of nitrogens with zero attached hydrogens (tertiary/aromatic N) is 1. The first-order valence-electron chi connectivity index (χ1n) is 9.61. The smallest absolute Gasteiger partial charge is 0.255 e. The van der Waals surface area contributed by atoms with Crippen LogP contribution < -0.4 is 10.2 Å². The van der Waals surface area contributed by atoms with Crippen LogP contribution in [0.25, 0.3) is 0 Å². The SMILES string of the molecule is Cc1cccc(N2C(=O)CS[C@H]2c2ccc(NC(=O)c3cccc(Br)c3)cc2)c1C. The molecule has 0 aliphatic carbocycles. The minimum Gasteiger partial charge on any atom is -0.322 e. The predicted molar refractivity (Wildman–Crippen MR) is 127 cm³/mol. The number of benzene rings is 3. The van der Waals surface area contributed by atoms with Crippen LogP contribution in [-0.4, -0.2) is 17.6 Å². The molecule has 0 bridgehead atoms. The van der Waals surface area contributed by atoms with Crippen LogP contribution in [0, 0.1) is 13.8 Å². The van der Waals surface area contributed by atoms with E-state index in [-0.39, 0.29) is 17.2 Å². The molecule has 0 spiro atoms. The van der Waals surface area contributed by atoms with Crippen LogP contribution in [-0.2, 0) is 4.79 Å². The van der Waals surface area contributed by atoms with Gasteiger partial charge in [-0.2, -0.15) is 0 Å². The third-order valence-electron chi connectivity index (χ3n) is 5.24. The van der Waals surface area contributed by atoms with E-state index in [2.05, 4.69) is 41.2 Å².